The first-order chi connectivity index (χ1) is 8.06. The number of rotatable bonds is 4. The number of anilines is 1. The molecule has 1 saturated carbocycles. The van der Waals surface area contributed by atoms with Gasteiger partial charge in [-0.25, -0.2) is 4.39 Å². The molecule has 2 N–H and O–H groups in total. The van der Waals surface area contributed by atoms with Crippen molar-refractivity contribution in [3.63, 3.8) is 0 Å². The molecule has 1 aliphatic carbocycles. The summed E-state index contributed by atoms with van der Waals surface area (Å²) < 4.78 is 13.3. The van der Waals surface area contributed by atoms with Crippen LogP contribution >= 0.6 is 11.6 Å². The Labute approximate surface area is 104 Å². The summed E-state index contributed by atoms with van der Waals surface area (Å²) in [6, 6.07) is 3.21. The number of carbonyl (C=O) groups excluding carboxylic acids is 1. The highest BCUT2D eigenvalue weighted by atomic mass is 35.5. The second kappa shape index (κ2) is 5.02. The predicted octanol–water partition coefficient (Wildman–Crippen LogP) is 2.48. The number of amides is 1. The van der Waals surface area contributed by atoms with Gasteiger partial charge in [0, 0.05) is 6.04 Å². The molecule has 0 atom stereocenters. The lowest BCUT2D eigenvalue weighted by Gasteiger charge is -2.09. The van der Waals surface area contributed by atoms with E-state index in [9.17, 15) is 9.18 Å². The van der Waals surface area contributed by atoms with Crippen LogP contribution in [0.2, 0.25) is 5.02 Å². The Balaban J connectivity index is 1.96. The van der Waals surface area contributed by atoms with Gasteiger partial charge < -0.3 is 10.6 Å². The number of aryl methyl sites for hydroxylation is 1. The van der Waals surface area contributed by atoms with Gasteiger partial charge in [0.1, 0.15) is 5.82 Å². The Kier molecular flexibility index (Phi) is 3.64. The molecular weight excluding hydrogens is 243 g/mol. The normalized spacial score (nSPS) is 14.8. The van der Waals surface area contributed by atoms with Gasteiger partial charge in [-0.2, -0.15) is 0 Å². The molecular formula is C12H14ClFN2O. The quantitative estimate of drug-likeness (QED) is 0.869. The summed E-state index contributed by atoms with van der Waals surface area (Å²) in [4.78, 5) is 11.5. The zero-order chi connectivity index (χ0) is 12.4. The Bertz CT molecular complexity index is 446. The molecule has 5 heteroatoms. The van der Waals surface area contributed by atoms with Gasteiger partial charge in [0.05, 0.1) is 17.3 Å². The maximum absolute atomic E-state index is 13.3. The number of nitrogens with one attached hydrogen (secondary N) is 2. The molecule has 0 bridgehead atoms. The van der Waals surface area contributed by atoms with Gasteiger partial charge in [-0.3, -0.25) is 4.79 Å². The third-order valence-electron chi connectivity index (χ3n) is 2.65. The lowest BCUT2D eigenvalue weighted by molar-refractivity contribution is -0.115. The third kappa shape index (κ3) is 3.41. The summed E-state index contributed by atoms with van der Waals surface area (Å²) in [7, 11) is 0. The molecule has 1 aromatic rings. The predicted molar refractivity (Wildman–Crippen MR) is 65.8 cm³/mol. The minimum Gasteiger partial charge on any atom is -0.324 e. The van der Waals surface area contributed by atoms with Crippen LogP contribution in [0.1, 0.15) is 18.4 Å². The number of hydrogen-bond acceptors (Lipinski definition) is 2. The van der Waals surface area contributed by atoms with E-state index in [0.29, 0.717) is 22.3 Å². The van der Waals surface area contributed by atoms with Crippen LogP contribution in [0.5, 0.6) is 0 Å². The van der Waals surface area contributed by atoms with Crippen molar-refractivity contribution in [2.45, 2.75) is 25.8 Å². The van der Waals surface area contributed by atoms with Gasteiger partial charge in [-0.1, -0.05) is 11.6 Å². The second-order valence-corrected chi connectivity index (χ2v) is 4.69. The molecule has 17 heavy (non-hydrogen) atoms. The summed E-state index contributed by atoms with van der Waals surface area (Å²) in [6.07, 6.45) is 2.24. The van der Waals surface area contributed by atoms with E-state index >= 15 is 0 Å². The van der Waals surface area contributed by atoms with Crippen LogP contribution in [0.15, 0.2) is 12.1 Å². The molecule has 0 heterocycles. The Morgan fingerprint density at radius 3 is 2.88 bits per heavy atom. The molecule has 1 amide bonds. The minimum atomic E-state index is -0.375. The molecule has 2 rings (SSSR count). The molecule has 0 saturated heterocycles. The Morgan fingerprint density at radius 1 is 1.53 bits per heavy atom. The van der Waals surface area contributed by atoms with E-state index in [1.165, 1.54) is 12.1 Å². The second-order valence-electron chi connectivity index (χ2n) is 4.28. The molecule has 1 fully saturated rings. The molecule has 92 valence electrons. The smallest absolute Gasteiger partial charge is 0.238 e. The van der Waals surface area contributed by atoms with Crippen LogP contribution in [-0.2, 0) is 4.79 Å². The summed E-state index contributed by atoms with van der Waals surface area (Å²) in [5.41, 5.74) is 0.779. The minimum absolute atomic E-state index is 0.206. The Hall–Kier alpha value is -1.13. The van der Waals surface area contributed by atoms with Crippen molar-refractivity contribution in [3.8, 4) is 0 Å². The molecule has 0 unspecified atom stereocenters. The third-order valence-corrected chi connectivity index (χ3v) is 2.96. The molecule has 0 radical (unpaired) electrons. The zero-order valence-electron chi connectivity index (χ0n) is 9.52. The van der Waals surface area contributed by atoms with E-state index in [2.05, 4.69) is 10.6 Å². The fourth-order valence-corrected chi connectivity index (χ4v) is 1.73. The van der Waals surface area contributed by atoms with Crippen LogP contribution in [0.4, 0.5) is 10.1 Å². The van der Waals surface area contributed by atoms with Crippen molar-refractivity contribution in [2.24, 2.45) is 0 Å². The fourth-order valence-electron chi connectivity index (χ4n) is 1.46. The summed E-state index contributed by atoms with van der Waals surface area (Å²) >= 11 is 5.92. The van der Waals surface area contributed by atoms with E-state index in [-0.39, 0.29) is 18.3 Å². The molecule has 1 aromatic carbocycles. The van der Waals surface area contributed by atoms with E-state index < -0.39 is 0 Å². The lowest BCUT2D eigenvalue weighted by atomic mass is 10.2. The summed E-state index contributed by atoms with van der Waals surface area (Å²) in [5.74, 6) is -0.582. The van der Waals surface area contributed by atoms with E-state index in [4.69, 9.17) is 11.6 Å². The van der Waals surface area contributed by atoms with E-state index in [1.807, 2.05) is 0 Å². The Morgan fingerprint density at radius 2 is 2.24 bits per heavy atom. The number of benzene rings is 1. The van der Waals surface area contributed by atoms with Crippen molar-refractivity contribution in [1.82, 2.24) is 5.32 Å². The van der Waals surface area contributed by atoms with E-state index in [0.717, 1.165) is 12.8 Å². The first-order valence-corrected chi connectivity index (χ1v) is 5.93. The maximum atomic E-state index is 13.3. The van der Waals surface area contributed by atoms with Crippen molar-refractivity contribution in [1.29, 1.82) is 0 Å². The van der Waals surface area contributed by atoms with Gasteiger partial charge in [0.2, 0.25) is 5.91 Å². The zero-order valence-corrected chi connectivity index (χ0v) is 10.3. The fraction of sp³-hybridized carbons (Fsp3) is 0.417. The summed E-state index contributed by atoms with van der Waals surface area (Å²) in [6.45, 7) is 1.86. The van der Waals surface area contributed by atoms with Gasteiger partial charge in [-0.05, 0) is 37.5 Å². The van der Waals surface area contributed by atoms with Crippen molar-refractivity contribution in [3.05, 3.63) is 28.5 Å². The van der Waals surface area contributed by atoms with Gasteiger partial charge in [0.15, 0.2) is 0 Å². The molecule has 0 aliphatic heterocycles. The van der Waals surface area contributed by atoms with Crippen LogP contribution in [0, 0.1) is 12.7 Å². The SMILES string of the molecule is Cc1cc(Cl)c(NC(=O)CNC2CC2)cc1F. The van der Waals surface area contributed by atoms with Gasteiger partial charge in [0.25, 0.3) is 0 Å². The van der Waals surface area contributed by atoms with Gasteiger partial charge in [-0.15, -0.1) is 0 Å². The number of hydrogen-bond donors (Lipinski definition) is 2. The average molecular weight is 257 g/mol. The van der Waals surface area contributed by atoms with Crippen LogP contribution in [0.25, 0.3) is 0 Å². The van der Waals surface area contributed by atoms with Crippen molar-refractivity contribution < 1.29 is 9.18 Å². The number of halogens is 2. The highest BCUT2D eigenvalue weighted by molar-refractivity contribution is 6.33. The average Bonchev–Trinajstić information content (AvgIpc) is 3.07. The number of carbonyl (C=O) groups is 1. The highest BCUT2D eigenvalue weighted by Crippen LogP contribution is 2.25. The molecule has 0 spiro atoms. The standard InChI is InChI=1S/C12H14ClFN2O/c1-7-4-9(13)11(5-10(7)14)16-12(17)6-15-8-2-3-8/h4-5,8,15H,2-3,6H2,1H3,(H,16,17). The van der Waals surface area contributed by atoms with Crippen molar-refractivity contribution >= 4 is 23.2 Å². The first-order valence-electron chi connectivity index (χ1n) is 5.55. The molecule has 3 nitrogen and oxygen atoms in total. The van der Waals surface area contributed by atoms with Crippen LogP contribution < -0.4 is 10.6 Å². The maximum Gasteiger partial charge on any atom is 0.238 e. The van der Waals surface area contributed by atoms with Crippen molar-refractivity contribution in [2.75, 3.05) is 11.9 Å². The van der Waals surface area contributed by atoms with Gasteiger partial charge >= 0.3 is 0 Å². The molecule has 1 aliphatic rings. The van der Waals surface area contributed by atoms with E-state index in [1.54, 1.807) is 6.92 Å². The topological polar surface area (TPSA) is 41.1 Å². The first kappa shape index (κ1) is 12.3. The molecule has 0 aromatic heterocycles. The van der Waals surface area contributed by atoms with Crippen LogP contribution in [-0.4, -0.2) is 18.5 Å². The monoisotopic (exact) mass is 256 g/mol. The summed E-state index contributed by atoms with van der Waals surface area (Å²) in [5, 5.41) is 6.01. The lowest BCUT2D eigenvalue weighted by Crippen LogP contribution is -2.29. The largest absolute Gasteiger partial charge is 0.324 e. The highest BCUT2D eigenvalue weighted by Gasteiger charge is 2.21. The van der Waals surface area contributed by atoms with Crippen LogP contribution in [0.3, 0.4) is 0 Å².